The molecule has 0 aliphatic carbocycles. The van der Waals surface area contributed by atoms with Gasteiger partial charge in [-0.2, -0.15) is 0 Å². The molecule has 1 heterocycles. The summed E-state index contributed by atoms with van der Waals surface area (Å²) in [5, 5.41) is 0. The fraction of sp³-hybridized carbons (Fsp3) is 0.667. The molecular weight excluding hydrogens is 438 g/mol. The van der Waals surface area contributed by atoms with Crippen LogP contribution in [0.5, 0.6) is 5.75 Å². The Bertz CT molecular complexity index is 797. The minimum absolute atomic E-state index is 0.0167. The van der Waals surface area contributed by atoms with Crippen molar-refractivity contribution in [1.29, 1.82) is 0 Å². The van der Waals surface area contributed by atoms with Crippen molar-refractivity contribution >= 4 is 11.9 Å². The number of hydrogen-bond acceptors (Lipinski definition) is 4. The van der Waals surface area contributed by atoms with Crippen molar-refractivity contribution < 1.29 is 19.1 Å². The van der Waals surface area contributed by atoms with Gasteiger partial charge in [0, 0.05) is 19.9 Å². The fourth-order valence-corrected chi connectivity index (χ4v) is 4.49. The van der Waals surface area contributed by atoms with Gasteiger partial charge >= 0.3 is 5.97 Å². The van der Waals surface area contributed by atoms with Crippen LogP contribution in [0.2, 0.25) is 0 Å². The van der Waals surface area contributed by atoms with Crippen LogP contribution in [-0.2, 0) is 20.7 Å². The lowest BCUT2D eigenvalue weighted by Gasteiger charge is -2.29. The van der Waals surface area contributed by atoms with Gasteiger partial charge in [0.1, 0.15) is 24.5 Å². The van der Waals surface area contributed by atoms with Crippen molar-refractivity contribution in [3.8, 4) is 5.75 Å². The molecule has 1 amide bonds. The summed E-state index contributed by atoms with van der Waals surface area (Å²) in [5.41, 5.74) is 2.20. The number of benzene rings is 1. The molecule has 2 rings (SSSR count). The number of nitrogens with zero attached hydrogens (tertiary/aromatic N) is 1. The number of allylic oxidation sites excluding steroid dienone is 1. The average molecular weight is 486 g/mol. The van der Waals surface area contributed by atoms with Crippen LogP contribution in [0.15, 0.2) is 35.9 Å². The molecule has 1 aliphatic rings. The molecule has 35 heavy (non-hydrogen) atoms. The quantitative estimate of drug-likeness (QED) is 0.217. The Balaban J connectivity index is 2.16. The Kier molecular flexibility index (Phi) is 12.9. The lowest BCUT2D eigenvalue weighted by molar-refractivity contribution is -0.159. The molecule has 0 unspecified atom stereocenters. The summed E-state index contributed by atoms with van der Waals surface area (Å²) < 4.78 is 11.9. The van der Waals surface area contributed by atoms with Gasteiger partial charge in [-0.05, 0) is 75.6 Å². The minimum Gasteiger partial charge on any atom is -0.490 e. The third-order valence-corrected chi connectivity index (χ3v) is 6.96. The lowest BCUT2D eigenvalue weighted by atomic mass is 9.95. The Hall–Kier alpha value is -2.30. The molecule has 5 heteroatoms. The number of hydrogen-bond donors (Lipinski definition) is 0. The van der Waals surface area contributed by atoms with Gasteiger partial charge in [-0.3, -0.25) is 4.79 Å². The summed E-state index contributed by atoms with van der Waals surface area (Å²) in [6.45, 7) is 9.08. The van der Waals surface area contributed by atoms with Crippen molar-refractivity contribution in [3.63, 3.8) is 0 Å². The van der Waals surface area contributed by atoms with Gasteiger partial charge in [0.2, 0.25) is 5.91 Å². The zero-order valence-corrected chi connectivity index (χ0v) is 22.7. The highest BCUT2D eigenvalue weighted by Gasteiger charge is 2.30. The van der Waals surface area contributed by atoms with Gasteiger partial charge in [-0.1, -0.05) is 57.2 Å². The molecule has 0 radical (unpaired) electrons. The first-order valence-electron chi connectivity index (χ1n) is 13.6. The molecule has 0 bridgehead atoms. The molecule has 0 N–H and O–H groups in total. The van der Waals surface area contributed by atoms with Gasteiger partial charge in [-0.15, -0.1) is 0 Å². The van der Waals surface area contributed by atoms with E-state index < -0.39 is 6.04 Å². The molecule has 0 aromatic heterocycles. The smallest absolute Gasteiger partial charge is 0.329 e. The average Bonchev–Trinajstić information content (AvgIpc) is 2.83. The van der Waals surface area contributed by atoms with E-state index in [2.05, 4.69) is 13.8 Å². The molecule has 1 saturated heterocycles. The summed E-state index contributed by atoms with van der Waals surface area (Å²) in [6, 6.07) is 7.19. The molecule has 1 aromatic rings. The highest BCUT2D eigenvalue weighted by molar-refractivity contribution is 5.84. The molecule has 3 atom stereocenters. The predicted octanol–water partition coefficient (Wildman–Crippen LogP) is 6.88. The van der Waals surface area contributed by atoms with Gasteiger partial charge in [0.25, 0.3) is 0 Å². The number of cyclic esters (lactones) is 1. The van der Waals surface area contributed by atoms with Crippen molar-refractivity contribution in [3.05, 3.63) is 41.5 Å². The summed E-state index contributed by atoms with van der Waals surface area (Å²) >= 11 is 0. The van der Waals surface area contributed by atoms with E-state index in [1.807, 2.05) is 44.2 Å². The van der Waals surface area contributed by atoms with E-state index in [1.165, 1.54) is 5.57 Å². The Labute approximate surface area is 213 Å². The van der Waals surface area contributed by atoms with Gasteiger partial charge < -0.3 is 14.4 Å². The van der Waals surface area contributed by atoms with E-state index in [4.69, 9.17) is 9.47 Å². The zero-order chi connectivity index (χ0) is 25.6. The number of unbranched alkanes of at least 4 members (excludes halogenated alkanes) is 2. The fourth-order valence-electron chi connectivity index (χ4n) is 4.49. The molecular formula is C30H47NO4. The number of amides is 1. The summed E-state index contributed by atoms with van der Waals surface area (Å²) in [5.74, 6) is 1.11. The maximum absolute atomic E-state index is 13.4. The van der Waals surface area contributed by atoms with E-state index in [-0.39, 0.29) is 18.0 Å². The normalized spacial score (nSPS) is 22.4. The maximum Gasteiger partial charge on any atom is 0.329 e. The van der Waals surface area contributed by atoms with Crippen LogP contribution < -0.4 is 4.74 Å². The van der Waals surface area contributed by atoms with Gasteiger partial charge in [-0.25, -0.2) is 4.79 Å². The minimum atomic E-state index is -0.619. The van der Waals surface area contributed by atoms with E-state index >= 15 is 0 Å². The molecule has 5 nitrogen and oxygen atoms in total. The van der Waals surface area contributed by atoms with Crippen LogP contribution in [-0.4, -0.2) is 42.6 Å². The van der Waals surface area contributed by atoms with E-state index in [0.29, 0.717) is 25.4 Å². The van der Waals surface area contributed by atoms with Crippen LogP contribution in [0.25, 0.3) is 0 Å². The second-order valence-electron chi connectivity index (χ2n) is 10.4. The summed E-state index contributed by atoms with van der Waals surface area (Å²) in [6.07, 6.45) is 12.1. The van der Waals surface area contributed by atoms with E-state index in [9.17, 15) is 9.59 Å². The second kappa shape index (κ2) is 15.6. The van der Waals surface area contributed by atoms with Crippen LogP contribution >= 0.6 is 0 Å². The first kappa shape index (κ1) is 28.9. The third-order valence-electron chi connectivity index (χ3n) is 6.96. The van der Waals surface area contributed by atoms with E-state index in [1.54, 1.807) is 11.9 Å². The first-order chi connectivity index (χ1) is 16.8. The van der Waals surface area contributed by atoms with Crippen LogP contribution in [0, 0.1) is 5.92 Å². The number of likely N-dealkylation sites (N-methyl/N-ethyl adjacent to an activating group) is 1. The summed E-state index contributed by atoms with van der Waals surface area (Å²) in [4.78, 5) is 28.0. The SMILES string of the molecule is CCCCC[C@@H]1CC[C@H](C)CCCCC(=O)N(C)[C@@H](Cc2ccc(OCC=C(C)C)cc2)C(=O)O1. The van der Waals surface area contributed by atoms with Crippen LogP contribution in [0.4, 0.5) is 0 Å². The summed E-state index contributed by atoms with van der Waals surface area (Å²) in [7, 11) is 1.75. The number of ether oxygens (including phenoxy) is 2. The number of esters is 1. The zero-order valence-electron chi connectivity index (χ0n) is 22.7. The first-order valence-corrected chi connectivity index (χ1v) is 13.6. The molecule has 0 spiro atoms. The highest BCUT2D eigenvalue weighted by atomic mass is 16.5. The van der Waals surface area contributed by atoms with Crippen molar-refractivity contribution in [2.45, 2.75) is 110 Å². The van der Waals surface area contributed by atoms with Gasteiger partial charge in [0.15, 0.2) is 0 Å². The molecule has 0 saturated carbocycles. The third kappa shape index (κ3) is 10.9. The molecule has 1 aromatic carbocycles. The van der Waals surface area contributed by atoms with Crippen LogP contribution in [0.1, 0.15) is 97.5 Å². The van der Waals surface area contributed by atoms with Crippen molar-refractivity contribution in [2.24, 2.45) is 5.92 Å². The molecule has 196 valence electrons. The maximum atomic E-state index is 13.4. The lowest BCUT2D eigenvalue weighted by Crippen LogP contribution is -2.45. The second-order valence-corrected chi connectivity index (χ2v) is 10.4. The Morgan fingerprint density at radius 3 is 2.51 bits per heavy atom. The van der Waals surface area contributed by atoms with E-state index in [0.717, 1.165) is 69.1 Å². The highest BCUT2D eigenvalue weighted by Crippen LogP contribution is 2.23. The van der Waals surface area contributed by atoms with Crippen molar-refractivity contribution in [1.82, 2.24) is 4.90 Å². The standard InChI is InChI=1S/C30H47NO4/c1-6-7-8-12-27-17-14-24(4)11-9-10-13-29(32)31(5)28(30(33)35-27)22-25-15-18-26(19-16-25)34-21-20-23(2)3/h15-16,18-20,24,27-28H,6-14,17,21-22H2,1-5H3/t24-,27-,28+/m1/s1. The molecule has 1 aliphatic heterocycles. The number of carbonyl (C=O) groups excluding carboxylic acids is 2. The largest absolute Gasteiger partial charge is 0.490 e. The Morgan fingerprint density at radius 2 is 1.83 bits per heavy atom. The number of rotatable bonds is 9. The van der Waals surface area contributed by atoms with Crippen LogP contribution in [0.3, 0.4) is 0 Å². The van der Waals surface area contributed by atoms with Gasteiger partial charge in [0.05, 0.1) is 0 Å². The predicted molar refractivity (Wildman–Crippen MR) is 143 cm³/mol. The van der Waals surface area contributed by atoms with Crippen molar-refractivity contribution in [2.75, 3.05) is 13.7 Å². The monoisotopic (exact) mass is 485 g/mol. The Morgan fingerprint density at radius 1 is 1.09 bits per heavy atom. The topological polar surface area (TPSA) is 55.8 Å². The molecule has 1 fully saturated rings. The number of carbonyl (C=O) groups is 2.